The molecule has 2 heteroatoms. The maximum Gasteiger partial charge on any atom is 2.00 e. The minimum Gasteiger partial charge on any atom is -0.158 e. The van der Waals surface area contributed by atoms with Gasteiger partial charge in [0.1, 0.15) is 0 Å². The predicted molar refractivity (Wildman–Crippen MR) is 212 cm³/mol. The van der Waals surface area contributed by atoms with Gasteiger partial charge in [-0.15, -0.1) is 69.1 Å². The molecule has 0 amide bonds. The first kappa shape index (κ1) is 36.5. The molecule has 0 saturated carbocycles. The average Bonchev–Trinajstić information content (AvgIpc) is 3.69. The van der Waals surface area contributed by atoms with Crippen molar-refractivity contribution in [2.24, 2.45) is 0 Å². The summed E-state index contributed by atoms with van der Waals surface area (Å²) in [6, 6.07) is 38.0. The van der Waals surface area contributed by atoms with Crippen molar-refractivity contribution in [1.29, 1.82) is 0 Å². The van der Waals surface area contributed by atoms with Crippen LogP contribution in [0.1, 0.15) is 88.5 Å². The fraction of sp³-hybridized carbons (Fsp3) is 0.348. The molecule has 246 valence electrons. The molecule has 0 aliphatic heterocycles. The third-order valence-electron chi connectivity index (χ3n) is 10.7. The van der Waals surface area contributed by atoms with Crippen LogP contribution < -0.4 is 10.4 Å². The molecular formula is C46H54SiZr. The number of aryl methyl sites for hydroxylation is 4. The van der Waals surface area contributed by atoms with Crippen molar-refractivity contribution in [2.45, 2.75) is 105 Å². The van der Waals surface area contributed by atoms with E-state index in [2.05, 4.69) is 138 Å². The number of rotatable bonds is 14. The molecule has 6 aromatic carbocycles. The van der Waals surface area contributed by atoms with Crippen molar-refractivity contribution < 1.29 is 26.2 Å². The molecule has 0 radical (unpaired) electrons. The van der Waals surface area contributed by atoms with Gasteiger partial charge in [0.2, 0.25) is 0 Å². The van der Waals surface area contributed by atoms with E-state index in [1.807, 2.05) is 0 Å². The summed E-state index contributed by atoms with van der Waals surface area (Å²) in [6.45, 7) is 14.5. The van der Waals surface area contributed by atoms with E-state index in [0.717, 1.165) is 12.8 Å². The van der Waals surface area contributed by atoms with Gasteiger partial charge in [0.05, 0.1) is 0 Å². The second-order valence-corrected chi connectivity index (χ2v) is 18.5. The quantitative estimate of drug-likeness (QED) is 0.0596. The number of hydrogen-bond acceptors (Lipinski definition) is 0. The molecule has 0 spiro atoms. The third kappa shape index (κ3) is 7.22. The molecule has 48 heavy (non-hydrogen) atoms. The summed E-state index contributed by atoms with van der Waals surface area (Å²) >= 11 is 0. The van der Waals surface area contributed by atoms with E-state index in [9.17, 15) is 0 Å². The largest absolute Gasteiger partial charge is 2.00 e. The fourth-order valence-electron chi connectivity index (χ4n) is 8.23. The zero-order valence-electron chi connectivity index (χ0n) is 30.3. The predicted octanol–water partition coefficient (Wildman–Crippen LogP) is 12.2. The molecule has 0 N–H and O–H groups in total. The van der Waals surface area contributed by atoms with E-state index in [4.69, 9.17) is 0 Å². The summed E-state index contributed by atoms with van der Waals surface area (Å²) in [5.74, 6) is 0. The maximum absolute atomic E-state index is 2.64. The normalized spacial score (nSPS) is 11.8. The van der Waals surface area contributed by atoms with Gasteiger partial charge in [-0.1, -0.05) is 138 Å². The Morgan fingerprint density at radius 2 is 0.896 bits per heavy atom. The molecule has 0 aliphatic carbocycles. The number of fused-ring (bicyclic) bond motifs is 2. The average molecular weight is 726 g/mol. The first-order valence-electron chi connectivity index (χ1n) is 18.5. The van der Waals surface area contributed by atoms with Crippen molar-refractivity contribution in [2.75, 3.05) is 0 Å². The molecule has 0 aliphatic rings. The smallest absolute Gasteiger partial charge is 0.158 e. The molecular weight excluding hydrogens is 672 g/mol. The molecule has 0 saturated heterocycles. The van der Waals surface area contributed by atoms with Crippen molar-refractivity contribution in [3.63, 3.8) is 0 Å². The summed E-state index contributed by atoms with van der Waals surface area (Å²) < 4.78 is 0. The van der Waals surface area contributed by atoms with Gasteiger partial charge in [-0.25, -0.2) is 0 Å². The number of unbranched alkanes of at least 4 members (excludes halogenated alkanes) is 4. The third-order valence-corrected chi connectivity index (χ3v) is 14.3. The summed E-state index contributed by atoms with van der Waals surface area (Å²) in [7, 11) is -2.21. The van der Waals surface area contributed by atoms with Gasteiger partial charge in [0, 0.05) is 8.07 Å². The van der Waals surface area contributed by atoms with Gasteiger partial charge in [-0.3, -0.25) is 0 Å². The molecule has 0 fully saturated rings. The molecule has 0 nitrogen and oxygen atoms in total. The molecule has 0 unspecified atom stereocenters. The topological polar surface area (TPSA) is 0 Å². The van der Waals surface area contributed by atoms with Crippen LogP contribution >= 0.6 is 0 Å². The number of benzene rings is 4. The Morgan fingerprint density at radius 3 is 1.25 bits per heavy atom. The molecule has 6 rings (SSSR count). The van der Waals surface area contributed by atoms with Crippen LogP contribution in [-0.4, -0.2) is 8.07 Å². The first-order valence-corrected chi connectivity index (χ1v) is 21.5. The van der Waals surface area contributed by atoms with E-state index in [1.165, 1.54) is 117 Å². The minimum absolute atomic E-state index is 0. The van der Waals surface area contributed by atoms with E-state index >= 15 is 0 Å². The van der Waals surface area contributed by atoms with Crippen LogP contribution in [0.15, 0.2) is 97.1 Å². The van der Waals surface area contributed by atoms with Crippen LogP contribution in [-0.2, 0) is 51.9 Å². The van der Waals surface area contributed by atoms with Crippen LogP contribution in [0.2, 0.25) is 13.1 Å². The van der Waals surface area contributed by atoms with E-state index in [1.54, 1.807) is 10.4 Å². The Kier molecular flexibility index (Phi) is 12.4. The van der Waals surface area contributed by atoms with Crippen molar-refractivity contribution in [3.05, 3.63) is 119 Å². The minimum atomic E-state index is -2.21. The monoisotopic (exact) mass is 724 g/mol. The second-order valence-electron chi connectivity index (χ2n) is 14.3. The van der Waals surface area contributed by atoms with Gasteiger partial charge in [0.25, 0.3) is 0 Å². The van der Waals surface area contributed by atoms with Crippen LogP contribution in [0.5, 0.6) is 0 Å². The van der Waals surface area contributed by atoms with Crippen molar-refractivity contribution in [1.82, 2.24) is 0 Å². The van der Waals surface area contributed by atoms with Crippen LogP contribution in [0.3, 0.4) is 0 Å². The Labute approximate surface area is 310 Å². The second kappa shape index (κ2) is 16.3. The first-order chi connectivity index (χ1) is 22.9. The molecule has 6 aromatic rings. The SMILES string of the molecule is CCCCCc1ccc(-c2cccc3[cH-]c(CC)c([Si](C)(C)c4c(CC)[cH-]c5cccc(-c6ccc(CCCCC)cc6)c45)c23)cc1.[Zr+2]. The van der Waals surface area contributed by atoms with Gasteiger partial charge < -0.3 is 0 Å². The van der Waals surface area contributed by atoms with Gasteiger partial charge in [0.15, 0.2) is 0 Å². The van der Waals surface area contributed by atoms with Crippen molar-refractivity contribution >= 4 is 40.0 Å². The number of hydrogen-bond donors (Lipinski definition) is 0. The molecule has 0 bridgehead atoms. The van der Waals surface area contributed by atoms with Gasteiger partial charge in [-0.05, 0) is 60.8 Å². The Morgan fingerprint density at radius 1 is 0.500 bits per heavy atom. The molecule has 0 aromatic heterocycles. The van der Waals surface area contributed by atoms with Gasteiger partial charge in [-0.2, -0.15) is 10.4 Å². The summed E-state index contributed by atoms with van der Waals surface area (Å²) in [6.07, 6.45) is 12.2. The van der Waals surface area contributed by atoms with Crippen LogP contribution in [0.25, 0.3) is 43.8 Å². The van der Waals surface area contributed by atoms with Crippen LogP contribution in [0.4, 0.5) is 0 Å². The molecule has 0 atom stereocenters. The van der Waals surface area contributed by atoms with E-state index in [0.29, 0.717) is 0 Å². The fourth-order valence-corrected chi connectivity index (χ4v) is 12.4. The summed E-state index contributed by atoms with van der Waals surface area (Å²) in [4.78, 5) is 0. The zero-order chi connectivity index (χ0) is 33.0. The van der Waals surface area contributed by atoms with E-state index in [-0.39, 0.29) is 26.2 Å². The summed E-state index contributed by atoms with van der Waals surface area (Å²) in [5, 5.41) is 9.06. The Hall–Kier alpha value is -2.80. The maximum atomic E-state index is 2.64. The Bertz CT molecular complexity index is 1790. The summed E-state index contributed by atoms with van der Waals surface area (Å²) in [5.41, 5.74) is 11.5. The Balaban J connectivity index is 0.00000451. The molecule has 0 heterocycles. The zero-order valence-corrected chi connectivity index (χ0v) is 33.8. The van der Waals surface area contributed by atoms with Gasteiger partial charge >= 0.3 is 26.2 Å². The standard InChI is InChI=1S/C46H54Si.Zr/c1-7-11-13-17-33-23-27-37(28-24-33)41-21-15-19-39-31-35(9-3)45(43(39)41)47(5,6)46-36(10-4)32-40-20-16-22-42(44(40)46)38-29-25-34(26-30-38)18-14-12-8-2;/h15-16,19-32H,7-14,17-18H2,1-6H3;/q-2;+2. The van der Waals surface area contributed by atoms with Crippen molar-refractivity contribution in [3.8, 4) is 22.3 Å². The van der Waals surface area contributed by atoms with E-state index < -0.39 is 8.07 Å². The van der Waals surface area contributed by atoms with Crippen LogP contribution in [0, 0.1) is 0 Å².